The lowest BCUT2D eigenvalue weighted by atomic mass is 10.0. The largest absolute Gasteiger partial charge is 0.422 e. The summed E-state index contributed by atoms with van der Waals surface area (Å²) in [5.74, 6) is -0.910. The molecular weight excluding hydrogens is 484 g/mol. The summed E-state index contributed by atoms with van der Waals surface area (Å²) in [6.45, 7) is 0. The fourth-order valence-electron chi connectivity index (χ4n) is 4.13. The average Bonchev–Trinajstić information content (AvgIpc) is 2.92. The predicted molar refractivity (Wildman–Crippen MR) is 147 cm³/mol. The first kappa shape index (κ1) is 23.8. The van der Waals surface area contributed by atoms with Gasteiger partial charge in [-0.25, -0.2) is 4.79 Å². The first-order valence-corrected chi connectivity index (χ1v) is 11.8. The highest BCUT2D eigenvalue weighted by Crippen LogP contribution is 2.32. The third-order valence-corrected chi connectivity index (χ3v) is 6.11. The Morgan fingerprint density at radius 3 is 2.24 bits per heavy atom. The molecule has 0 unspecified atom stereocenters. The van der Waals surface area contributed by atoms with Crippen LogP contribution in [0.1, 0.15) is 15.9 Å². The number of anilines is 1. The minimum atomic E-state index is -0.607. The van der Waals surface area contributed by atoms with Crippen LogP contribution in [-0.2, 0) is 4.79 Å². The van der Waals surface area contributed by atoms with Crippen LogP contribution >= 0.6 is 11.6 Å². The van der Waals surface area contributed by atoms with Crippen molar-refractivity contribution >= 4 is 56.8 Å². The van der Waals surface area contributed by atoms with Gasteiger partial charge in [0.1, 0.15) is 17.4 Å². The summed E-state index contributed by atoms with van der Waals surface area (Å²) in [7, 11) is 0. The Bertz CT molecular complexity index is 1750. The van der Waals surface area contributed by atoms with Crippen LogP contribution in [0.5, 0.6) is 5.75 Å². The molecule has 0 saturated heterocycles. The Hall–Kier alpha value is -4.92. The van der Waals surface area contributed by atoms with Crippen molar-refractivity contribution in [2.45, 2.75) is 0 Å². The molecule has 0 saturated carbocycles. The predicted octanol–water partition coefficient (Wildman–Crippen LogP) is 7.41. The number of carbonyl (C=O) groups excluding carboxylic acids is 2. The Kier molecular flexibility index (Phi) is 6.67. The van der Waals surface area contributed by atoms with Crippen molar-refractivity contribution in [2.75, 3.05) is 5.32 Å². The van der Waals surface area contributed by atoms with Gasteiger partial charge in [0.05, 0.1) is 5.56 Å². The Balaban J connectivity index is 1.56. The molecule has 5 aromatic rings. The van der Waals surface area contributed by atoms with Crippen molar-refractivity contribution < 1.29 is 14.3 Å². The summed E-state index contributed by atoms with van der Waals surface area (Å²) in [5.41, 5.74) is 1.17. The number of nitrogens with zero attached hydrogens (tertiary/aromatic N) is 1. The van der Waals surface area contributed by atoms with E-state index in [4.69, 9.17) is 16.3 Å². The molecule has 5 aromatic carbocycles. The number of nitrogens with one attached hydrogen (secondary N) is 1. The van der Waals surface area contributed by atoms with Crippen molar-refractivity contribution in [3.05, 3.63) is 125 Å². The first-order valence-electron chi connectivity index (χ1n) is 11.4. The number of amides is 1. The van der Waals surface area contributed by atoms with E-state index in [1.807, 2.05) is 66.7 Å². The molecule has 0 aliphatic carbocycles. The summed E-state index contributed by atoms with van der Waals surface area (Å²) in [6, 6.07) is 32.6. The van der Waals surface area contributed by atoms with E-state index in [1.54, 1.807) is 42.5 Å². The summed E-state index contributed by atoms with van der Waals surface area (Å²) in [4.78, 5) is 26.2. The highest BCUT2D eigenvalue weighted by Gasteiger charge is 2.18. The van der Waals surface area contributed by atoms with Gasteiger partial charge >= 0.3 is 5.97 Å². The molecular formula is C31H19ClN2O3. The molecule has 0 aromatic heterocycles. The van der Waals surface area contributed by atoms with E-state index in [2.05, 4.69) is 5.32 Å². The number of carbonyl (C=O) groups is 2. The monoisotopic (exact) mass is 502 g/mol. The van der Waals surface area contributed by atoms with E-state index in [0.29, 0.717) is 21.8 Å². The molecule has 0 aliphatic heterocycles. The normalized spacial score (nSPS) is 11.2. The molecule has 6 heteroatoms. The van der Waals surface area contributed by atoms with E-state index < -0.39 is 11.9 Å². The maximum absolute atomic E-state index is 13.3. The van der Waals surface area contributed by atoms with Crippen LogP contribution in [0.15, 0.2) is 109 Å². The van der Waals surface area contributed by atoms with Crippen molar-refractivity contribution in [3.8, 4) is 11.8 Å². The summed E-state index contributed by atoms with van der Waals surface area (Å²) in [5, 5.41) is 16.2. The lowest BCUT2D eigenvalue weighted by Crippen LogP contribution is -2.14. The van der Waals surface area contributed by atoms with Crippen LogP contribution in [0, 0.1) is 11.3 Å². The van der Waals surface area contributed by atoms with Crippen LogP contribution in [0.25, 0.3) is 27.6 Å². The molecule has 178 valence electrons. The van der Waals surface area contributed by atoms with Crippen LogP contribution < -0.4 is 10.1 Å². The molecule has 0 heterocycles. The van der Waals surface area contributed by atoms with Crippen molar-refractivity contribution in [1.29, 1.82) is 5.26 Å². The van der Waals surface area contributed by atoms with Gasteiger partial charge in [-0.1, -0.05) is 84.4 Å². The summed E-state index contributed by atoms with van der Waals surface area (Å²) >= 11 is 6.01. The number of hydrogen-bond donors (Lipinski definition) is 1. The molecule has 1 amide bonds. The number of esters is 1. The number of hydrogen-bond acceptors (Lipinski definition) is 4. The molecule has 0 fully saturated rings. The molecule has 5 nitrogen and oxygen atoms in total. The molecule has 37 heavy (non-hydrogen) atoms. The highest BCUT2D eigenvalue weighted by molar-refractivity contribution is 6.31. The fraction of sp³-hybridized carbons (Fsp3) is 0. The molecule has 0 bridgehead atoms. The van der Waals surface area contributed by atoms with Gasteiger partial charge in [0, 0.05) is 16.3 Å². The van der Waals surface area contributed by atoms with Gasteiger partial charge in [-0.2, -0.15) is 5.26 Å². The maximum atomic E-state index is 13.3. The maximum Gasteiger partial charge on any atom is 0.344 e. The molecule has 0 atom stereocenters. The zero-order chi connectivity index (χ0) is 25.8. The van der Waals surface area contributed by atoms with Gasteiger partial charge < -0.3 is 10.1 Å². The molecule has 0 aliphatic rings. The highest BCUT2D eigenvalue weighted by atomic mass is 35.5. The number of fused-ring (bicyclic) bond motifs is 2. The lowest BCUT2D eigenvalue weighted by molar-refractivity contribution is -0.112. The van der Waals surface area contributed by atoms with Crippen LogP contribution in [0.4, 0.5) is 5.69 Å². The topological polar surface area (TPSA) is 79.2 Å². The Morgan fingerprint density at radius 2 is 1.49 bits per heavy atom. The third kappa shape index (κ3) is 5.06. The quantitative estimate of drug-likeness (QED) is 0.117. The molecule has 0 spiro atoms. The van der Waals surface area contributed by atoms with Crippen molar-refractivity contribution in [3.63, 3.8) is 0 Å². The molecule has 5 rings (SSSR count). The molecule has 1 N–H and O–H groups in total. The average molecular weight is 503 g/mol. The van der Waals surface area contributed by atoms with Gasteiger partial charge in [-0.3, -0.25) is 4.79 Å². The van der Waals surface area contributed by atoms with E-state index in [-0.39, 0.29) is 11.3 Å². The van der Waals surface area contributed by atoms with Gasteiger partial charge in [-0.15, -0.1) is 0 Å². The summed E-state index contributed by atoms with van der Waals surface area (Å²) in [6.07, 6.45) is 1.44. The van der Waals surface area contributed by atoms with E-state index in [9.17, 15) is 14.9 Å². The van der Waals surface area contributed by atoms with Gasteiger partial charge in [0.25, 0.3) is 5.91 Å². The number of nitriles is 1. The minimum Gasteiger partial charge on any atom is -0.422 e. The van der Waals surface area contributed by atoms with Crippen molar-refractivity contribution in [2.24, 2.45) is 0 Å². The Labute approximate surface area is 218 Å². The van der Waals surface area contributed by atoms with Gasteiger partial charge in [-0.05, 0) is 58.0 Å². The number of rotatable bonds is 5. The first-order chi connectivity index (χ1) is 18.0. The zero-order valence-electron chi connectivity index (χ0n) is 19.4. The van der Waals surface area contributed by atoms with Gasteiger partial charge in [0.2, 0.25) is 0 Å². The lowest BCUT2D eigenvalue weighted by Gasteiger charge is -2.13. The van der Waals surface area contributed by atoms with E-state index in [0.717, 1.165) is 21.5 Å². The third-order valence-electron chi connectivity index (χ3n) is 5.88. The number of halogens is 1. The number of ether oxygens (including phenoxy) is 1. The number of benzene rings is 5. The molecule has 0 radical (unpaired) electrons. The standard InChI is InChI=1S/C31H19ClN2O3/c32-23-10-6-11-24(18-23)34-30(35)22(19-33)17-28-26-13-4-2-8-21(26)15-16-29(28)37-31(36)27-14-5-9-20-7-1-3-12-25(20)27/h1-18H,(H,34,35)/b22-17+. The second-order valence-electron chi connectivity index (χ2n) is 8.25. The smallest absolute Gasteiger partial charge is 0.344 e. The minimum absolute atomic E-state index is 0.154. The second-order valence-corrected chi connectivity index (χ2v) is 8.69. The van der Waals surface area contributed by atoms with E-state index >= 15 is 0 Å². The van der Waals surface area contributed by atoms with Crippen LogP contribution in [0.3, 0.4) is 0 Å². The Morgan fingerprint density at radius 1 is 0.811 bits per heavy atom. The fourth-order valence-corrected chi connectivity index (χ4v) is 4.32. The van der Waals surface area contributed by atoms with Gasteiger partial charge in [0.15, 0.2) is 0 Å². The zero-order valence-corrected chi connectivity index (χ0v) is 20.2. The van der Waals surface area contributed by atoms with Crippen molar-refractivity contribution in [1.82, 2.24) is 0 Å². The van der Waals surface area contributed by atoms with Crippen LogP contribution in [-0.4, -0.2) is 11.9 Å². The summed E-state index contributed by atoms with van der Waals surface area (Å²) < 4.78 is 5.86. The van der Waals surface area contributed by atoms with E-state index in [1.165, 1.54) is 6.08 Å². The van der Waals surface area contributed by atoms with Crippen LogP contribution in [0.2, 0.25) is 5.02 Å². The SMILES string of the molecule is N#C/C(=C\c1c(OC(=O)c2cccc3ccccc23)ccc2ccccc12)C(=O)Nc1cccc(Cl)c1. The second kappa shape index (κ2) is 10.4.